The zero-order chi connectivity index (χ0) is 39.2. The number of carbonyl (C=O) groups excluding carboxylic acids is 2. The predicted octanol–water partition coefficient (Wildman–Crippen LogP) is 7.24. The number of nitrogens with one attached hydrogen (secondary N) is 2. The number of hydrogen-bond acceptors (Lipinski definition) is 10. The molecule has 2 fully saturated rings. The average molecular weight is 774 g/mol. The molecule has 2 aliphatic carbocycles. The highest BCUT2D eigenvalue weighted by molar-refractivity contribution is 7.59. The second-order valence-corrected chi connectivity index (χ2v) is 18.4. The van der Waals surface area contributed by atoms with Crippen LogP contribution in [0.5, 0.6) is 0 Å². The van der Waals surface area contributed by atoms with Gasteiger partial charge in [0.05, 0.1) is 19.0 Å². The Balaban J connectivity index is 1.11. The van der Waals surface area contributed by atoms with E-state index in [1.807, 2.05) is 19.1 Å². The van der Waals surface area contributed by atoms with Gasteiger partial charge in [-0.25, -0.2) is 25.1 Å². The number of aromatic nitrogens is 4. The van der Waals surface area contributed by atoms with Gasteiger partial charge in [-0.3, -0.25) is 14.2 Å². The number of esters is 2. The molecule has 4 N–H and O–H groups in total. The molecule has 0 spiro atoms. The monoisotopic (exact) mass is 773 g/mol. The first-order chi connectivity index (χ1) is 26.2. The molecule has 296 valence electrons. The van der Waals surface area contributed by atoms with Crippen molar-refractivity contribution in [2.75, 3.05) is 12.1 Å². The van der Waals surface area contributed by atoms with Crippen LogP contribution in [0.3, 0.4) is 0 Å². The van der Waals surface area contributed by atoms with E-state index in [4.69, 9.17) is 19.9 Å². The third-order valence-corrected chi connectivity index (χ3v) is 13.2. The Morgan fingerprint density at radius 3 is 1.73 bits per heavy atom. The number of fused-ring (bicyclic) bond motifs is 1. The van der Waals surface area contributed by atoms with Gasteiger partial charge >= 0.3 is 11.9 Å². The minimum atomic E-state index is -3.87. The number of imidazole rings is 1. The number of benzene rings is 2. The van der Waals surface area contributed by atoms with Gasteiger partial charge in [-0.1, -0.05) is 60.7 Å². The molecule has 14 heteroatoms. The molecule has 6 rings (SSSR count). The van der Waals surface area contributed by atoms with Gasteiger partial charge in [0.2, 0.25) is 7.44 Å². The Morgan fingerprint density at radius 1 is 0.782 bits per heavy atom. The summed E-state index contributed by atoms with van der Waals surface area (Å²) >= 11 is 0. The van der Waals surface area contributed by atoms with Crippen molar-refractivity contribution in [3.05, 3.63) is 84.4 Å². The van der Waals surface area contributed by atoms with E-state index >= 15 is 0 Å². The summed E-state index contributed by atoms with van der Waals surface area (Å²) in [6.45, 7) is 8.71. The van der Waals surface area contributed by atoms with Crippen LogP contribution in [0.4, 0.5) is 5.82 Å². The van der Waals surface area contributed by atoms with Gasteiger partial charge < -0.3 is 24.5 Å². The van der Waals surface area contributed by atoms with Crippen molar-refractivity contribution in [1.29, 1.82) is 0 Å². The van der Waals surface area contributed by atoms with Crippen molar-refractivity contribution in [3.63, 3.8) is 0 Å². The standard InChI is InChI=1S/C41H56N7O6P/c1-28(24-48-26-45-35-36(42)43-25-44-37(35)48)52-27-55(51,46-40(2,3)38(49)53-33-20-16-31(17-21-33)29-12-8-6-9-13-29)47-41(4,5)39(50)54-34-22-18-32(19-23-34)30-14-10-7-11-15-30/h6-15,25-26,28,31-34H,16-24,27H2,1-5H3,(H2,42,43,44)(H2,46,47,51)/t28-,31-,32-,33-,34-/m1/s1. The smallest absolute Gasteiger partial charge is 0.326 e. The molecular formula is C41H56N7O6P. The molecule has 0 saturated heterocycles. The zero-order valence-electron chi connectivity index (χ0n) is 32.6. The first kappa shape index (κ1) is 40.5. The fourth-order valence-corrected chi connectivity index (χ4v) is 10.4. The Morgan fingerprint density at radius 2 is 1.25 bits per heavy atom. The number of ether oxygens (including phenoxy) is 3. The summed E-state index contributed by atoms with van der Waals surface area (Å²) in [6.07, 6.45) is 8.28. The topological polar surface area (TPSA) is 173 Å². The number of carbonyl (C=O) groups is 2. The number of nitrogen functional groups attached to an aromatic ring is 1. The largest absolute Gasteiger partial charge is 0.461 e. The Hall–Kier alpha value is -4.16. The summed E-state index contributed by atoms with van der Waals surface area (Å²) in [4.78, 5) is 40.1. The van der Waals surface area contributed by atoms with E-state index in [1.165, 1.54) is 17.5 Å². The lowest BCUT2D eigenvalue weighted by Gasteiger charge is -2.37. The first-order valence-electron chi connectivity index (χ1n) is 19.4. The van der Waals surface area contributed by atoms with Gasteiger partial charge in [-0.05, 0) is 109 Å². The molecule has 2 saturated carbocycles. The van der Waals surface area contributed by atoms with E-state index < -0.39 is 36.6 Å². The molecular weight excluding hydrogens is 717 g/mol. The van der Waals surface area contributed by atoms with Gasteiger partial charge in [0.25, 0.3) is 0 Å². The maximum atomic E-state index is 15.0. The molecule has 0 radical (unpaired) electrons. The summed E-state index contributed by atoms with van der Waals surface area (Å²) < 4.78 is 35.0. The molecule has 55 heavy (non-hydrogen) atoms. The third-order valence-electron chi connectivity index (χ3n) is 10.8. The van der Waals surface area contributed by atoms with Gasteiger partial charge in [0.15, 0.2) is 11.5 Å². The van der Waals surface area contributed by atoms with Crippen molar-refractivity contribution in [3.8, 4) is 0 Å². The molecule has 0 amide bonds. The van der Waals surface area contributed by atoms with Crippen molar-refractivity contribution in [2.24, 2.45) is 0 Å². The van der Waals surface area contributed by atoms with Crippen LogP contribution in [-0.2, 0) is 34.9 Å². The second-order valence-electron chi connectivity index (χ2n) is 16.2. The van der Waals surface area contributed by atoms with Crippen LogP contribution in [0.1, 0.15) is 109 Å². The maximum absolute atomic E-state index is 15.0. The molecule has 0 unspecified atom stereocenters. The third kappa shape index (κ3) is 10.4. The van der Waals surface area contributed by atoms with E-state index in [0.29, 0.717) is 29.5 Å². The SMILES string of the molecule is C[C@H](Cn1cnc2c(N)ncnc21)OCP(=O)(NC(C)(C)C(=O)O[C@H]1CC[C@H](c2ccccc2)CC1)NC(C)(C)C(=O)O[C@H]1CC[C@H](c2ccccc2)CC1. The highest BCUT2D eigenvalue weighted by Crippen LogP contribution is 2.43. The summed E-state index contributed by atoms with van der Waals surface area (Å²) in [5, 5.41) is 6.13. The normalized spacial score (nSPS) is 21.5. The highest BCUT2D eigenvalue weighted by atomic mass is 31.2. The summed E-state index contributed by atoms with van der Waals surface area (Å²) in [7, 11) is -3.87. The van der Waals surface area contributed by atoms with Crippen molar-refractivity contribution < 1.29 is 28.4 Å². The number of anilines is 1. The summed E-state index contributed by atoms with van der Waals surface area (Å²) in [6, 6.07) is 20.8. The Kier molecular flexibility index (Phi) is 12.8. The van der Waals surface area contributed by atoms with Crippen LogP contribution in [0.25, 0.3) is 11.2 Å². The molecule has 0 bridgehead atoms. The summed E-state index contributed by atoms with van der Waals surface area (Å²) in [5.74, 6) is 0.0764. The Labute approximate surface area is 324 Å². The number of nitrogens with zero attached hydrogens (tertiary/aromatic N) is 4. The minimum absolute atomic E-state index is 0.247. The van der Waals surface area contributed by atoms with Crippen molar-refractivity contribution in [1.82, 2.24) is 29.7 Å². The lowest BCUT2D eigenvalue weighted by atomic mass is 9.83. The zero-order valence-corrected chi connectivity index (χ0v) is 33.5. The van der Waals surface area contributed by atoms with E-state index in [2.05, 4.69) is 73.7 Å². The average Bonchev–Trinajstić information content (AvgIpc) is 3.58. The molecule has 2 heterocycles. The molecule has 2 aromatic heterocycles. The molecule has 1 atom stereocenters. The maximum Gasteiger partial charge on any atom is 0.326 e. The number of hydrogen-bond donors (Lipinski definition) is 3. The number of rotatable bonds is 15. The van der Waals surface area contributed by atoms with Gasteiger partial charge in [0, 0.05) is 0 Å². The van der Waals surface area contributed by atoms with E-state index in [9.17, 15) is 14.2 Å². The molecule has 2 aliphatic rings. The first-order valence-corrected chi connectivity index (χ1v) is 21.3. The fourth-order valence-electron chi connectivity index (χ4n) is 7.76. The van der Waals surface area contributed by atoms with Gasteiger partial charge in [-0.2, -0.15) is 0 Å². The number of nitrogens with two attached hydrogens (primary N) is 1. The minimum Gasteiger partial charge on any atom is -0.461 e. The van der Waals surface area contributed by atoms with Crippen LogP contribution in [0.2, 0.25) is 0 Å². The molecule has 2 aromatic carbocycles. The van der Waals surface area contributed by atoms with Crippen LogP contribution in [0, 0.1) is 0 Å². The van der Waals surface area contributed by atoms with Crippen LogP contribution in [0.15, 0.2) is 73.3 Å². The van der Waals surface area contributed by atoms with Crippen LogP contribution in [-0.4, -0.2) is 67.2 Å². The molecule has 0 aliphatic heterocycles. The Bertz CT molecular complexity index is 1850. The van der Waals surface area contributed by atoms with Crippen molar-refractivity contribution in [2.45, 2.75) is 134 Å². The van der Waals surface area contributed by atoms with E-state index in [0.717, 1.165) is 51.4 Å². The van der Waals surface area contributed by atoms with E-state index in [-0.39, 0.29) is 24.4 Å². The quantitative estimate of drug-likeness (QED) is 0.0818. The fraction of sp³-hybridized carbons (Fsp3) is 0.537. The summed E-state index contributed by atoms with van der Waals surface area (Å²) in [5.41, 5.74) is 6.82. The van der Waals surface area contributed by atoms with Gasteiger partial charge in [0.1, 0.15) is 41.5 Å². The second kappa shape index (κ2) is 17.3. The van der Waals surface area contributed by atoms with Crippen LogP contribution < -0.4 is 15.9 Å². The lowest BCUT2D eigenvalue weighted by molar-refractivity contribution is -0.157. The predicted molar refractivity (Wildman–Crippen MR) is 212 cm³/mol. The van der Waals surface area contributed by atoms with E-state index in [1.54, 1.807) is 38.6 Å². The van der Waals surface area contributed by atoms with Crippen molar-refractivity contribution >= 4 is 36.4 Å². The highest BCUT2D eigenvalue weighted by Gasteiger charge is 2.44. The van der Waals surface area contributed by atoms with Gasteiger partial charge in [-0.15, -0.1) is 0 Å². The molecule has 4 aromatic rings. The molecule has 13 nitrogen and oxygen atoms in total. The lowest BCUT2D eigenvalue weighted by Crippen LogP contribution is -2.54. The van der Waals surface area contributed by atoms with Crippen LogP contribution >= 0.6 is 7.44 Å².